The molecule has 0 radical (unpaired) electrons. The van der Waals surface area contributed by atoms with Gasteiger partial charge in [-0.3, -0.25) is 0 Å². The predicted octanol–water partition coefficient (Wildman–Crippen LogP) is 3.97. The van der Waals surface area contributed by atoms with Crippen molar-refractivity contribution in [3.8, 4) is 0 Å². The number of nitrogens with two attached hydrogens (primary N) is 1. The van der Waals surface area contributed by atoms with Crippen LogP contribution in [0.3, 0.4) is 0 Å². The zero-order valence-electron chi connectivity index (χ0n) is 13.2. The van der Waals surface area contributed by atoms with Gasteiger partial charge >= 0.3 is 0 Å². The largest absolute Gasteiger partial charge is 0.385 e. The van der Waals surface area contributed by atoms with Gasteiger partial charge in [-0.25, -0.2) is 4.39 Å². The molecule has 21 heavy (non-hydrogen) atoms. The summed E-state index contributed by atoms with van der Waals surface area (Å²) in [5.74, 6) is 0.437. The predicted molar refractivity (Wildman–Crippen MR) is 84.3 cm³/mol. The van der Waals surface area contributed by atoms with Crippen LogP contribution in [0.25, 0.3) is 0 Å². The zero-order chi connectivity index (χ0) is 15.5. The van der Waals surface area contributed by atoms with Crippen LogP contribution in [-0.2, 0) is 5.60 Å². The van der Waals surface area contributed by atoms with Crippen LogP contribution >= 0.6 is 0 Å². The highest BCUT2D eigenvalue weighted by atomic mass is 19.1. The number of halogens is 1. The second kappa shape index (κ2) is 6.45. The van der Waals surface area contributed by atoms with Crippen LogP contribution < -0.4 is 5.73 Å². The van der Waals surface area contributed by atoms with Crippen molar-refractivity contribution in [2.45, 2.75) is 58.0 Å². The average Bonchev–Trinajstić information content (AvgIpc) is 2.54. The van der Waals surface area contributed by atoms with Crippen molar-refractivity contribution in [3.63, 3.8) is 0 Å². The maximum atomic E-state index is 13.6. The molecule has 1 atom stereocenters. The van der Waals surface area contributed by atoms with Crippen LogP contribution in [0.5, 0.6) is 0 Å². The first-order chi connectivity index (χ1) is 10.0. The topological polar surface area (TPSA) is 46.2 Å². The van der Waals surface area contributed by atoms with Crippen molar-refractivity contribution >= 4 is 0 Å². The summed E-state index contributed by atoms with van der Waals surface area (Å²) < 4.78 is 13.6. The summed E-state index contributed by atoms with van der Waals surface area (Å²) in [5.41, 5.74) is 5.41. The van der Waals surface area contributed by atoms with E-state index in [1.165, 1.54) is 18.6 Å². The van der Waals surface area contributed by atoms with Crippen molar-refractivity contribution in [3.05, 3.63) is 35.6 Å². The maximum absolute atomic E-state index is 13.6. The average molecular weight is 293 g/mol. The quantitative estimate of drug-likeness (QED) is 0.863. The molecule has 2 rings (SSSR count). The van der Waals surface area contributed by atoms with E-state index in [2.05, 4.69) is 6.92 Å². The van der Waals surface area contributed by atoms with E-state index in [0.717, 1.165) is 31.6 Å². The minimum Gasteiger partial charge on any atom is -0.385 e. The first-order valence-electron chi connectivity index (χ1n) is 8.20. The lowest BCUT2D eigenvalue weighted by Gasteiger charge is -2.50. The second-order valence-corrected chi connectivity index (χ2v) is 6.56. The molecule has 0 aliphatic heterocycles. The van der Waals surface area contributed by atoms with E-state index in [4.69, 9.17) is 5.73 Å². The van der Waals surface area contributed by atoms with Gasteiger partial charge < -0.3 is 10.8 Å². The van der Waals surface area contributed by atoms with E-state index in [-0.39, 0.29) is 11.2 Å². The summed E-state index contributed by atoms with van der Waals surface area (Å²) in [7, 11) is 0. The molecular weight excluding hydrogens is 265 g/mol. The smallest absolute Gasteiger partial charge is 0.123 e. The van der Waals surface area contributed by atoms with E-state index < -0.39 is 5.60 Å². The van der Waals surface area contributed by atoms with Gasteiger partial charge in [-0.1, -0.05) is 32.4 Å². The Morgan fingerprint density at radius 3 is 2.48 bits per heavy atom. The Morgan fingerprint density at radius 1 is 1.33 bits per heavy atom. The fourth-order valence-electron chi connectivity index (χ4n) is 4.06. The Labute approximate surface area is 127 Å². The Balaban J connectivity index is 2.37. The van der Waals surface area contributed by atoms with Gasteiger partial charge in [0.2, 0.25) is 0 Å². The normalized spacial score (nSPS) is 29.1. The van der Waals surface area contributed by atoms with Crippen molar-refractivity contribution in [2.24, 2.45) is 17.1 Å². The summed E-state index contributed by atoms with van der Waals surface area (Å²) >= 11 is 0. The summed E-state index contributed by atoms with van der Waals surface area (Å²) in [6.45, 7) is 4.64. The van der Waals surface area contributed by atoms with Crippen molar-refractivity contribution in [1.29, 1.82) is 0 Å². The van der Waals surface area contributed by atoms with E-state index in [1.54, 1.807) is 6.07 Å². The van der Waals surface area contributed by atoms with Gasteiger partial charge in [-0.05, 0) is 55.7 Å². The molecule has 1 aromatic carbocycles. The Hall–Kier alpha value is -0.930. The molecule has 1 aliphatic carbocycles. The fraction of sp³-hybridized carbons (Fsp3) is 0.667. The molecule has 0 bridgehead atoms. The van der Waals surface area contributed by atoms with Gasteiger partial charge in [-0.2, -0.15) is 0 Å². The van der Waals surface area contributed by atoms with Gasteiger partial charge in [0.15, 0.2) is 0 Å². The molecule has 0 amide bonds. The minimum atomic E-state index is -1.04. The molecule has 3 N–H and O–H groups in total. The van der Waals surface area contributed by atoms with Crippen LogP contribution in [0.4, 0.5) is 4.39 Å². The van der Waals surface area contributed by atoms with Crippen LogP contribution in [0, 0.1) is 17.2 Å². The van der Waals surface area contributed by atoms with E-state index >= 15 is 0 Å². The highest BCUT2D eigenvalue weighted by molar-refractivity contribution is 5.27. The summed E-state index contributed by atoms with van der Waals surface area (Å²) in [4.78, 5) is 0. The number of benzene rings is 1. The van der Waals surface area contributed by atoms with Gasteiger partial charge in [-0.15, -0.1) is 0 Å². The Bertz CT molecular complexity index is 468. The van der Waals surface area contributed by atoms with Crippen LogP contribution in [-0.4, -0.2) is 11.7 Å². The number of hydrogen-bond acceptors (Lipinski definition) is 2. The highest BCUT2D eigenvalue weighted by Gasteiger charge is 2.50. The molecule has 0 saturated heterocycles. The molecule has 1 unspecified atom stereocenters. The zero-order valence-corrected chi connectivity index (χ0v) is 13.2. The van der Waals surface area contributed by atoms with Crippen molar-refractivity contribution in [1.82, 2.24) is 0 Å². The first-order valence-corrected chi connectivity index (χ1v) is 8.20. The lowest BCUT2D eigenvalue weighted by atomic mass is 9.58. The Kier molecular flexibility index (Phi) is 5.05. The van der Waals surface area contributed by atoms with Gasteiger partial charge in [0.05, 0.1) is 5.60 Å². The van der Waals surface area contributed by atoms with Gasteiger partial charge in [0.25, 0.3) is 0 Å². The van der Waals surface area contributed by atoms with E-state index in [9.17, 15) is 9.50 Å². The van der Waals surface area contributed by atoms with Crippen molar-refractivity contribution in [2.75, 3.05) is 6.54 Å². The van der Waals surface area contributed by atoms with E-state index in [1.807, 2.05) is 13.0 Å². The molecule has 0 spiro atoms. The summed E-state index contributed by atoms with van der Waals surface area (Å²) in [6.07, 6.45) is 5.79. The standard InChI is InChI=1S/C18H28FNO/c1-3-14-8-10-17(13-20,11-9-14)18(21,4-2)15-6-5-7-16(19)12-15/h5-7,12,14,21H,3-4,8-11,13,20H2,1-2H3. The lowest BCUT2D eigenvalue weighted by Crippen LogP contribution is -2.52. The van der Waals surface area contributed by atoms with Gasteiger partial charge in [0, 0.05) is 12.0 Å². The molecule has 1 aliphatic rings. The minimum absolute atomic E-state index is 0.297. The molecular formula is C18H28FNO. The molecule has 0 heterocycles. The molecule has 3 heteroatoms. The third-order valence-corrected chi connectivity index (χ3v) is 5.72. The summed E-state index contributed by atoms with van der Waals surface area (Å²) in [5, 5.41) is 11.4. The molecule has 1 saturated carbocycles. The van der Waals surface area contributed by atoms with Gasteiger partial charge in [0.1, 0.15) is 5.82 Å². The van der Waals surface area contributed by atoms with Crippen LogP contribution in [0.15, 0.2) is 24.3 Å². The molecule has 118 valence electrons. The van der Waals surface area contributed by atoms with Crippen LogP contribution in [0.2, 0.25) is 0 Å². The monoisotopic (exact) mass is 293 g/mol. The third-order valence-electron chi connectivity index (χ3n) is 5.72. The Morgan fingerprint density at radius 2 is 2.00 bits per heavy atom. The fourth-order valence-corrected chi connectivity index (χ4v) is 4.06. The lowest BCUT2D eigenvalue weighted by molar-refractivity contribution is -0.115. The summed E-state index contributed by atoms with van der Waals surface area (Å²) in [6, 6.07) is 6.39. The number of rotatable bonds is 5. The number of aliphatic hydroxyl groups is 1. The maximum Gasteiger partial charge on any atom is 0.123 e. The SMILES string of the molecule is CCC1CCC(CN)(C(O)(CC)c2cccc(F)c2)CC1. The third kappa shape index (κ3) is 2.86. The molecule has 0 aromatic heterocycles. The molecule has 1 fully saturated rings. The first kappa shape index (κ1) is 16.4. The molecule has 1 aromatic rings. The molecule has 2 nitrogen and oxygen atoms in total. The highest BCUT2D eigenvalue weighted by Crippen LogP contribution is 2.52. The van der Waals surface area contributed by atoms with Crippen LogP contribution in [0.1, 0.15) is 57.9 Å². The van der Waals surface area contributed by atoms with E-state index in [0.29, 0.717) is 18.5 Å². The van der Waals surface area contributed by atoms with Crippen molar-refractivity contribution < 1.29 is 9.50 Å². The second-order valence-electron chi connectivity index (χ2n) is 6.56. The number of hydrogen-bond donors (Lipinski definition) is 2.